The lowest BCUT2D eigenvalue weighted by atomic mass is 9.79. The molecule has 4 rings (SSSR count). The van der Waals surface area contributed by atoms with Gasteiger partial charge in [0.25, 0.3) is 0 Å². The van der Waals surface area contributed by atoms with E-state index in [2.05, 4.69) is 22.5 Å². The lowest BCUT2D eigenvalue weighted by Gasteiger charge is -2.41. The van der Waals surface area contributed by atoms with Crippen molar-refractivity contribution in [1.29, 1.82) is 0 Å². The maximum atomic E-state index is 13.3. The quantitative estimate of drug-likeness (QED) is 0.380. The van der Waals surface area contributed by atoms with Crippen LogP contribution in [-0.2, 0) is 10.2 Å². The molecule has 2 aliphatic heterocycles. The van der Waals surface area contributed by atoms with Crippen LogP contribution in [0, 0.1) is 11.2 Å². The number of benzene rings is 1. The lowest BCUT2D eigenvalue weighted by molar-refractivity contribution is -0.119. The minimum Gasteiger partial charge on any atom is -0.357 e. The lowest BCUT2D eigenvalue weighted by Crippen LogP contribution is -2.51. The van der Waals surface area contributed by atoms with Gasteiger partial charge in [0, 0.05) is 43.4 Å². The van der Waals surface area contributed by atoms with Gasteiger partial charge in [0.2, 0.25) is 5.91 Å². The van der Waals surface area contributed by atoms with Crippen molar-refractivity contribution < 1.29 is 9.18 Å². The van der Waals surface area contributed by atoms with E-state index < -0.39 is 0 Å². The summed E-state index contributed by atoms with van der Waals surface area (Å²) in [5.74, 6) is 0.932. The summed E-state index contributed by atoms with van der Waals surface area (Å²) in [5, 5.41) is 6.45. The van der Waals surface area contributed by atoms with Gasteiger partial charge < -0.3 is 15.5 Å². The highest BCUT2D eigenvalue weighted by Crippen LogP contribution is 2.48. The number of aliphatic imine (C=N–C) groups is 1. The van der Waals surface area contributed by atoms with Gasteiger partial charge in [0.15, 0.2) is 5.96 Å². The van der Waals surface area contributed by atoms with Gasteiger partial charge in [-0.15, -0.1) is 24.0 Å². The van der Waals surface area contributed by atoms with Crippen LogP contribution in [0.1, 0.15) is 44.6 Å². The average molecular weight is 500 g/mol. The smallest absolute Gasteiger partial charge is 0.220 e. The monoisotopic (exact) mass is 500 g/mol. The molecule has 2 saturated heterocycles. The first-order valence-corrected chi connectivity index (χ1v) is 10.1. The van der Waals surface area contributed by atoms with E-state index in [0.29, 0.717) is 6.42 Å². The molecule has 1 saturated carbocycles. The molecule has 2 heterocycles. The molecule has 1 unspecified atom stereocenters. The molecule has 3 aliphatic rings. The van der Waals surface area contributed by atoms with Crippen LogP contribution in [0.25, 0.3) is 0 Å². The molecule has 5 nitrogen and oxygen atoms in total. The minimum absolute atomic E-state index is 0. The van der Waals surface area contributed by atoms with Gasteiger partial charge in [-0.25, -0.2) is 4.39 Å². The molecule has 0 aromatic heterocycles. The highest BCUT2D eigenvalue weighted by atomic mass is 127. The Balaban J connectivity index is 0.00000225. The van der Waals surface area contributed by atoms with Gasteiger partial charge >= 0.3 is 0 Å². The van der Waals surface area contributed by atoms with Crippen molar-refractivity contribution in [3.8, 4) is 0 Å². The third-order valence-electron chi connectivity index (χ3n) is 6.33. The van der Waals surface area contributed by atoms with Crippen LogP contribution in [0.4, 0.5) is 4.39 Å². The van der Waals surface area contributed by atoms with E-state index in [9.17, 15) is 9.18 Å². The van der Waals surface area contributed by atoms with Crippen LogP contribution in [-0.4, -0.2) is 49.5 Å². The Kier molecular flexibility index (Phi) is 6.51. The third kappa shape index (κ3) is 4.44. The van der Waals surface area contributed by atoms with Crippen molar-refractivity contribution in [2.45, 2.75) is 44.4 Å². The highest BCUT2D eigenvalue weighted by molar-refractivity contribution is 14.0. The minimum atomic E-state index is -0.190. The van der Waals surface area contributed by atoms with E-state index in [-0.39, 0.29) is 46.5 Å². The number of carbonyl (C=O) groups is 1. The number of amides is 1. The maximum Gasteiger partial charge on any atom is 0.220 e. The zero-order valence-corrected chi connectivity index (χ0v) is 18.8. The molecule has 1 spiro atoms. The van der Waals surface area contributed by atoms with Crippen LogP contribution in [0.3, 0.4) is 0 Å². The number of nitrogens with one attached hydrogen (secondary N) is 2. The fourth-order valence-electron chi connectivity index (χ4n) is 4.57. The number of hydrogen-bond donors (Lipinski definition) is 2. The predicted octanol–water partition coefficient (Wildman–Crippen LogP) is 3.04. The van der Waals surface area contributed by atoms with Gasteiger partial charge in [-0.3, -0.25) is 9.79 Å². The zero-order valence-electron chi connectivity index (χ0n) is 16.5. The van der Waals surface area contributed by atoms with Crippen molar-refractivity contribution in [3.63, 3.8) is 0 Å². The molecular weight excluding hydrogens is 470 g/mol. The van der Waals surface area contributed by atoms with E-state index in [1.54, 1.807) is 12.1 Å². The first-order chi connectivity index (χ1) is 13.0. The fraction of sp³-hybridized carbons (Fsp3) is 0.619. The first-order valence-electron chi connectivity index (χ1n) is 10.1. The molecule has 0 radical (unpaired) electrons. The predicted molar refractivity (Wildman–Crippen MR) is 120 cm³/mol. The Morgan fingerprint density at radius 3 is 2.64 bits per heavy atom. The summed E-state index contributed by atoms with van der Waals surface area (Å²) < 4.78 is 13.3. The summed E-state index contributed by atoms with van der Waals surface area (Å²) in [6.07, 6.45) is 5.01. The number of rotatable bonds is 4. The summed E-state index contributed by atoms with van der Waals surface area (Å²) in [6, 6.07) is 6.89. The molecule has 7 heteroatoms. The number of halogens is 2. The van der Waals surface area contributed by atoms with Gasteiger partial charge in [-0.1, -0.05) is 12.1 Å². The van der Waals surface area contributed by atoms with Crippen molar-refractivity contribution in [1.82, 2.24) is 15.5 Å². The third-order valence-corrected chi connectivity index (χ3v) is 6.33. The van der Waals surface area contributed by atoms with Crippen molar-refractivity contribution >= 4 is 35.8 Å². The van der Waals surface area contributed by atoms with E-state index in [1.165, 1.54) is 5.56 Å². The SMILES string of the molecule is CCNC(=NCC1(c2ccc(F)cc2)CC1)N1CCCC2(CNC(=O)C2)C1.I. The second-order valence-corrected chi connectivity index (χ2v) is 8.44. The summed E-state index contributed by atoms with van der Waals surface area (Å²) in [7, 11) is 0. The topological polar surface area (TPSA) is 56.7 Å². The van der Waals surface area contributed by atoms with Crippen molar-refractivity contribution in [3.05, 3.63) is 35.6 Å². The van der Waals surface area contributed by atoms with E-state index in [0.717, 1.165) is 64.4 Å². The summed E-state index contributed by atoms with van der Waals surface area (Å²) in [6.45, 7) is 6.27. The molecule has 1 aromatic rings. The Morgan fingerprint density at radius 1 is 1.29 bits per heavy atom. The average Bonchev–Trinajstić information content (AvgIpc) is 3.37. The largest absolute Gasteiger partial charge is 0.357 e. The van der Waals surface area contributed by atoms with Crippen LogP contribution in [0.15, 0.2) is 29.3 Å². The van der Waals surface area contributed by atoms with Gasteiger partial charge in [0.05, 0.1) is 6.54 Å². The van der Waals surface area contributed by atoms with Crippen LogP contribution < -0.4 is 10.6 Å². The van der Waals surface area contributed by atoms with Crippen LogP contribution in [0.2, 0.25) is 0 Å². The highest BCUT2D eigenvalue weighted by Gasteiger charge is 2.45. The Bertz CT molecular complexity index is 734. The molecule has 1 atom stereocenters. The number of hydrogen-bond acceptors (Lipinski definition) is 2. The van der Waals surface area contributed by atoms with Crippen LogP contribution in [0.5, 0.6) is 0 Å². The molecule has 154 valence electrons. The molecule has 3 fully saturated rings. The Morgan fingerprint density at radius 2 is 2.04 bits per heavy atom. The molecule has 28 heavy (non-hydrogen) atoms. The zero-order chi connectivity index (χ0) is 18.9. The molecule has 0 bridgehead atoms. The molecule has 1 aromatic carbocycles. The molecular formula is C21H30FIN4O. The van der Waals surface area contributed by atoms with Crippen molar-refractivity contribution in [2.24, 2.45) is 10.4 Å². The fourth-order valence-corrected chi connectivity index (χ4v) is 4.57. The van der Waals surface area contributed by atoms with E-state index in [4.69, 9.17) is 4.99 Å². The number of carbonyl (C=O) groups excluding carboxylic acids is 1. The van der Waals surface area contributed by atoms with Gasteiger partial charge in [-0.05, 0) is 50.3 Å². The summed E-state index contributed by atoms with van der Waals surface area (Å²) >= 11 is 0. The maximum absolute atomic E-state index is 13.3. The van der Waals surface area contributed by atoms with Crippen molar-refractivity contribution in [2.75, 3.05) is 32.7 Å². The second kappa shape index (κ2) is 8.55. The molecule has 1 amide bonds. The number of guanidine groups is 1. The number of likely N-dealkylation sites (tertiary alicyclic amines) is 1. The summed E-state index contributed by atoms with van der Waals surface area (Å²) in [5.41, 5.74) is 1.30. The standard InChI is InChI=1S/C21H29FN4O.HI/c1-2-23-19(26-11-3-8-20(15-26)12-18(27)24-13-20)25-14-21(9-10-21)16-4-6-17(22)7-5-16;/h4-7H,2-3,8-15H2,1H3,(H,23,25)(H,24,27);1H. The normalized spacial score (nSPS) is 26.0. The number of nitrogens with zero attached hydrogens (tertiary/aromatic N) is 2. The van der Waals surface area contributed by atoms with E-state index in [1.807, 2.05) is 12.1 Å². The number of piperidine rings is 1. The van der Waals surface area contributed by atoms with Gasteiger partial charge in [-0.2, -0.15) is 0 Å². The van der Waals surface area contributed by atoms with Crippen LogP contribution >= 0.6 is 24.0 Å². The summed E-state index contributed by atoms with van der Waals surface area (Å²) in [4.78, 5) is 19.1. The van der Waals surface area contributed by atoms with Gasteiger partial charge in [0.1, 0.15) is 5.82 Å². The Labute approximate surface area is 183 Å². The Hall–Kier alpha value is -1.38. The van der Waals surface area contributed by atoms with E-state index >= 15 is 0 Å². The molecule has 1 aliphatic carbocycles. The molecule has 2 N–H and O–H groups in total. The second-order valence-electron chi connectivity index (χ2n) is 8.44. The first kappa shape index (κ1) is 21.3.